The van der Waals surface area contributed by atoms with Crippen molar-refractivity contribution in [1.82, 2.24) is 19.6 Å². The zero-order chi connectivity index (χ0) is 15.6. The van der Waals surface area contributed by atoms with Crippen LogP contribution in [-0.2, 0) is 11.4 Å². The van der Waals surface area contributed by atoms with Crippen LogP contribution in [0.1, 0.15) is 31.3 Å². The average Bonchev–Trinajstić information content (AvgIpc) is 2.96. The van der Waals surface area contributed by atoms with Gasteiger partial charge in [0.2, 0.25) is 0 Å². The van der Waals surface area contributed by atoms with Crippen molar-refractivity contribution in [1.29, 1.82) is 0 Å². The third-order valence-corrected chi connectivity index (χ3v) is 2.37. The Bertz CT molecular complexity index is 667. The summed E-state index contributed by atoms with van der Waals surface area (Å²) in [6, 6.07) is 1.52. The van der Waals surface area contributed by atoms with Gasteiger partial charge in [-0.25, -0.2) is 9.48 Å². The van der Waals surface area contributed by atoms with Gasteiger partial charge in [-0.05, 0) is 26.8 Å². The minimum absolute atomic E-state index is 0.102. The Hall–Kier alpha value is -2.71. The topological polar surface area (TPSA) is 105 Å². The van der Waals surface area contributed by atoms with E-state index in [1.165, 1.54) is 21.6 Å². The first-order chi connectivity index (χ1) is 9.74. The van der Waals surface area contributed by atoms with Gasteiger partial charge in [-0.1, -0.05) is 0 Å². The predicted octanol–water partition coefficient (Wildman–Crippen LogP) is 1.45. The second kappa shape index (κ2) is 5.35. The highest BCUT2D eigenvalue weighted by Crippen LogP contribution is 2.11. The quantitative estimate of drug-likeness (QED) is 0.480. The molecule has 0 fully saturated rings. The maximum Gasteiger partial charge on any atom is 0.359 e. The molecule has 9 heteroatoms. The molecule has 0 radical (unpaired) electrons. The number of esters is 1. The molecule has 0 aliphatic carbocycles. The number of hydrogen-bond donors (Lipinski definition) is 0. The van der Waals surface area contributed by atoms with Gasteiger partial charge < -0.3 is 4.74 Å². The fourth-order valence-electron chi connectivity index (χ4n) is 1.55. The molecule has 0 saturated heterocycles. The van der Waals surface area contributed by atoms with Crippen molar-refractivity contribution in [2.24, 2.45) is 0 Å². The molecule has 2 aromatic rings. The van der Waals surface area contributed by atoms with E-state index in [0.29, 0.717) is 0 Å². The molecule has 0 atom stereocenters. The van der Waals surface area contributed by atoms with Crippen molar-refractivity contribution in [2.45, 2.75) is 33.0 Å². The molecule has 0 N–H and O–H groups in total. The zero-order valence-electron chi connectivity index (χ0n) is 11.9. The highest BCUT2D eigenvalue weighted by atomic mass is 16.6. The van der Waals surface area contributed by atoms with Gasteiger partial charge in [-0.15, -0.1) is 0 Å². The lowest BCUT2D eigenvalue weighted by molar-refractivity contribution is -0.385. The molecule has 0 aliphatic rings. The number of rotatable bonds is 4. The summed E-state index contributed by atoms with van der Waals surface area (Å²) in [5, 5.41) is 18.5. The molecule has 0 bridgehead atoms. The lowest BCUT2D eigenvalue weighted by Gasteiger charge is -2.18. The Morgan fingerprint density at radius 3 is 2.71 bits per heavy atom. The van der Waals surface area contributed by atoms with Crippen LogP contribution in [0.25, 0.3) is 0 Å². The fourth-order valence-corrected chi connectivity index (χ4v) is 1.55. The van der Waals surface area contributed by atoms with Crippen molar-refractivity contribution in [3.05, 3.63) is 40.5 Å². The van der Waals surface area contributed by atoms with Crippen molar-refractivity contribution in [2.75, 3.05) is 0 Å². The van der Waals surface area contributed by atoms with E-state index in [4.69, 9.17) is 4.74 Å². The van der Waals surface area contributed by atoms with Crippen LogP contribution in [-0.4, -0.2) is 36.1 Å². The third-order valence-electron chi connectivity index (χ3n) is 2.37. The summed E-state index contributed by atoms with van der Waals surface area (Å²) < 4.78 is 7.99. The molecule has 9 nitrogen and oxygen atoms in total. The first-order valence-electron chi connectivity index (χ1n) is 6.18. The van der Waals surface area contributed by atoms with Crippen molar-refractivity contribution in [3.8, 4) is 0 Å². The number of nitrogens with zero attached hydrogens (tertiary/aromatic N) is 5. The lowest BCUT2D eigenvalue weighted by Crippen LogP contribution is -2.24. The molecule has 2 rings (SSSR count). The molecule has 2 heterocycles. The number of hydrogen-bond acceptors (Lipinski definition) is 6. The molecular weight excluding hydrogens is 278 g/mol. The second-order valence-electron chi connectivity index (χ2n) is 5.38. The van der Waals surface area contributed by atoms with Crippen molar-refractivity contribution < 1.29 is 14.5 Å². The molecule has 112 valence electrons. The highest BCUT2D eigenvalue weighted by molar-refractivity contribution is 5.87. The normalized spacial score (nSPS) is 11.4. The number of aromatic nitrogens is 4. The Kier molecular flexibility index (Phi) is 3.74. The first-order valence-corrected chi connectivity index (χ1v) is 6.18. The van der Waals surface area contributed by atoms with E-state index < -0.39 is 16.5 Å². The van der Waals surface area contributed by atoms with Crippen LogP contribution in [0.5, 0.6) is 0 Å². The molecular formula is C12H15N5O4. The van der Waals surface area contributed by atoms with Crippen LogP contribution in [0, 0.1) is 10.1 Å². The summed E-state index contributed by atoms with van der Waals surface area (Å²) in [6.07, 6.45) is 4.01. The Morgan fingerprint density at radius 2 is 2.14 bits per heavy atom. The summed E-state index contributed by atoms with van der Waals surface area (Å²) in [4.78, 5) is 21.8. The second-order valence-corrected chi connectivity index (χ2v) is 5.38. The minimum Gasteiger partial charge on any atom is -0.455 e. The highest BCUT2D eigenvalue weighted by Gasteiger charge is 2.20. The summed E-state index contributed by atoms with van der Waals surface area (Å²) in [5.74, 6) is -0.521. The maximum atomic E-state index is 11.8. The molecule has 21 heavy (non-hydrogen) atoms. The van der Waals surface area contributed by atoms with Crippen molar-refractivity contribution >= 4 is 11.7 Å². The van der Waals surface area contributed by atoms with E-state index in [0.717, 1.165) is 6.20 Å². The van der Waals surface area contributed by atoms with Crippen LogP contribution >= 0.6 is 0 Å². The van der Waals surface area contributed by atoms with E-state index in [1.807, 2.05) is 0 Å². The van der Waals surface area contributed by atoms with Gasteiger partial charge in [0, 0.05) is 6.20 Å². The fraction of sp³-hybridized carbons (Fsp3) is 0.417. The first kappa shape index (κ1) is 14.7. The molecule has 2 aromatic heterocycles. The Balaban J connectivity index is 2.06. The third kappa shape index (κ3) is 3.88. The van der Waals surface area contributed by atoms with Gasteiger partial charge in [0.15, 0.2) is 5.69 Å². The summed E-state index contributed by atoms with van der Waals surface area (Å²) in [5.41, 5.74) is -0.523. The molecule has 0 spiro atoms. The molecule has 0 unspecified atom stereocenters. The van der Waals surface area contributed by atoms with Crippen LogP contribution in [0.3, 0.4) is 0 Å². The lowest BCUT2D eigenvalue weighted by atomic mass is 10.2. The number of carbonyl (C=O) groups is 1. The van der Waals surface area contributed by atoms with Gasteiger partial charge in [0.1, 0.15) is 24.7 Å². The van der Waals surface area contributed by atoms with Gasteiger partial charge in [0.25, 0.3) is 0 Å². The minimum atomic E-state index is -0.594. The van der Waals surface area contributed by atoms with Crippen LogP contribution in [0.15, 0.2) is 24.7 Å². The van der Waals surface area contributed by atoms with Crippen LogP contribution < -0.4 is 0 Å². The maximum absolute atomic E-state index is 11.8. The number of carbonyl (C=O) groups excluding carboxylic acids is 1. The van der Waals surface area contributed by atoms with Crippen LogP contribution in [0.2, 0.25) is 0 Å². The molecule has 0 amide bonds. The summed E-state index contributed by atoms with van der Waals surface area (Å²) in [7, 11) is 0. The summed E-state index contributed by atoms with van der Waals surface area (Å²) in [6.45, 7) is 5.47. The number of nitro groups is 1. The standard InChI is InChI=1S/C12H15N5O4/c1-12(2,3)21-11(18)10-4-5-15(14-10)8-16-7-9(6-13-16)17(19)20/h4-7H,8H2,1-3H3. The van der Waals surface area contributed by atoms with E-state index in [1.54, 1.807) is 27.0 Å². The van der Waals surface area contributed by atoms with Gasteiger partial charge >= 0.3 is 11.7 Å². The van der Waals surface area contributed by atoms with E-state index >= 15 is 0 Å². The SMILES string of the molecule is CC(C)(C)OC(=O)c1ccn(Cn2cc([N+](=O)[O-])cn2)n1. The van der Waals surface area contributed by atoms with Crippen molar-refractivity contribution in [3.63, 3.8) is 0 Å². The van der Waals surface area contributed by atoms with Crippen LogP contribution in [0.4, 0.5) is 5.69 Å². The van der Waals surface area contributed by atoms with Gasteiger partial charge in [-0.3, -0.25) is 14.8 Å². The largest absolute Gasteiger partial charge is 0.455 e. The van der Waals surface area contributed by atoms with E-state index in [-0.39, 0.29) is 18.1 Å². The van der Waals surface area contributed by atoms with Gasteiger partial charge in [-0.2, -0.15) is 10.2 Å². The zero-order valence-corrected chi connectivity index (χ0v) is 11.9. The molecule has 0 saturated carbocycles. The smallest absolute Gasteiger partial charge is 0.359 e. The Labute approximate surface area is 120 Å². The molecule has 0 aliphatic heterocycles. The van der Waals surface area contributed by atoms with Gasteiger partial charge in [0.05, 0.1) is 4.92 Å². The van der Waals surface area contributed by atoms with E-state index in [9.17, 15) is 14.9 Å². The van der Waals surface area contributed by atoms with E-state index in [2.05, 4.69) is 10.2 Å². The predicted molar refractivity (Wildman–Crippen MR) is 71.7 cm³/mol. The average molecular weight is 293 g/mol. The summed E-state index contributed by atoms with van der Waals surface area (Å²) >= 11 is 0. The number of ether oxygens (including phenoxy) is 1. The monoisotopic (exact) mass is 293 g/mol. The molecule has 0 aromatic carbocycles. The Morgan fingerprint density at radius 1 is 1.43 bits per heavy atom.